The Bertz CT molecular complexity index is 1550. The number of esters is 1. The van der Waals surface area contributed by atoms with E-state index in [1.54, 1.807) is 0 Å². The molecule has 11 atom stereocenters. The number of carbonyl (C=O) groups excluding carboxylic acids is 1. The summed E-state index contributed by atoms with van der Waals surface area (Å²) < 4.78 is 34.2. The van der Waals surface area contributed by atoms with Gasteiger partial charge in [-0.05, 0) is 96.3 Å². The van der Waals surface area contributed by atoms with Crippen molar-refractivity contribution in [1.82, 2.24) is 0 Å². The highest BCUT2D eigenvalue weighted by Crippen LogP contribution is 2.26. The smallest absolute Gasteiger partial charge is 0.306 e. The van der Waals surface area contributed by atoms with Crippen molar-refractivity contribution in [3.63, 3.8) is 0 Å². The van der Waals surface area contributed by atoms with Crippen LogP contribution in [0.3, 0.4) is 0 Å². The second-order valence-electron chi connectivity index (χ2n) is 17.2. The van der Waals surface area contributed by atoms with Crippen LogP contribution >= 0.6 is 0 Å². The summed E-state index contributed by atoms with van der Waals surface area (Å²) in [4.78, 5) is 13.0. The normalized spacial score (nSPS) is 26.6. The number of aliphatic hydroxyl groups is 7. The van der Waals surface area contributed by atoms with Gasteiger partial charge in [0, 0.05) is 13.0 Å². The number of rotatable bonds is 38. The van der Waals surface area contributed by atoms with Crippen molar-refractivity contribution in [3.05, 3.63) is 109 Å². The molecular weight excluding hydrogens is 885 g/mol. The van der Waals surface area contributed by atoms with Crippen molar-refractivity contribution in [1.29, 1.82) is 0 Å². The molecule has 2 rings (SSSR count). The summed E-state index contributed by atoms with van der Waals surface area (Å²) in [7, 11) is 0. The molecule has 2 aliphatic rings. The Balaban J connectivity index is 1.81. The lowest BCUT2D eigenvalue weighted by molar-refractivity contribution is -0.332. The van der Waals surface area contributed by atoms with Crippen LogP contribution in [-0.4, -0.2) is 142 Å². The highest BCUT2D eigenvalue weighted by Gasteiger charge is 2.47. The van der Waals surface area contributed by atoms with Gasteiger partial charge in [-0.3, -0.25) is 4.79 Å². The molecule has 0 aliphatic carbocycles. The lowest BCUT2D eigenvalue weighted by Gasteiger charge is -2.42. The van der Waals surface area contributed by atoms with E-state index in [0.29, 0.717) is 13.0 Å². The maximum absolute atomic E-state index is 13.0. The lowest BCUT2D eigenvalue weighted by atomic mass is 9.98. The van der Waals surface area contributed by atoms with Gasteiger partial charge in [-0.1, -0.05) is 136 Å². The Morgan fingerprint density at radius 2 is 0.899 bits per heavy atom. The van der Waals surface area contributed by atoms with Crippen molar-refractivity contribution in [2.24, 2.45) is 0 Å². The number of unbranched alkanes of at least 4 members (excludes halogenated alkanes) is 6. The molecule has 0 aromatic heterocycles. The third-order valence-corrected chi connectivity index (χ3v) is 11.3. The molecule has 2 saturated heterocycles. The zero-order chi connectivity index (χ0) is 50.2. The third kappa shape index (κ3) is 28.9. The molecular formula is C55H88O14. The van der Waals surface area contributed by atoms with Gasteiger partial charge in [0.1, 0.15) is 54.9 Å². The Hall–Kier alpha value is -3.35. The van der Waals surface area contributed by atoms with Crippen LogP contribution in [0.25, 0.3) is 0 Å². The fraction of sp³-hybridized carbons (Fsp3) is 0.655. The molecule has 0 radical (unpaired) electrons. The molecule has 11 unspecified atom stereocenters. The summed E-state index contributed by atoms with van der Waals surface area (Å²) in [5, 5.41) is 72.1. The molecule has 0 aromatic rings. The first kappa shape index (κ1) is 61.8. The predicted octanol–water partition coefficient (Wildman–Crippen LogP) is 7.62. The molecule has 14 nitrogen and oxygen atoms in total. The summed E-state index contributed by atoms with van der Waals surface area (Å²) in [5.74, 6) is -0.425. The number of ether oxygens (including phenoxy) is 6. The van der Waals surface area contributed by atoms with E-state index in [2.05, 4.69) is 123 Å². The Labute approximate surface area is 413 Å². The summed E-state index contributed by atoms with van der Waals surface area (Å²) in [6, 6.07) is 0. The highest BCUT2D eigenvalue weighted by atomic mass is 16.7. The molecule has 0 spiro atoms. The Morgan fingerprint density at radius 1 is 0.478 bits per heavy atom. The lowest BCUT2D eigenvalue weighted by Crippen LogP contribution is -2.61. The van der Waals surface area contributed by atoms with Gasteiger partial charge in [-0.15, -0.1) is 0 Å². The van der Waals surface area contributed by atoms with Crippen LogP contribution in [0.4, 0.5) is 0 Å². The van der Waals surface area contributed by atoms with Crippen molar-refractivity contribution < 1.29 is 69.0 Å². The maximum atomic E-state index is 13.0. The van der Waals surface area contributed by atoms with E-state index >= 15 is 0 Å². The standard InChI is InChI=1S/C55H88O14/c1-3-5-7-9-11-13-15-17-19-21-22-23-24-26-28-30-32-34-36-38-47(57)67-44(41-64-39-37-35-33-31-29-27-25-20-18-16-14-12-10-8-6-4-2)42-65-54-53(63)51(61)49(59)46(69-54)43-66-55-52(62)50(60)48(58)45(40-56)68-55/h5-8,11-14,17-20,22-23,26-29,44-46,48-56,58-63H,3-4,9-10,15-16,21,24-25,30-43H2,1-2H3/b7-5-,8-6-,13-11-,14-12-,19-17-,20-18-,23-22-,28-26-,29-27-. The van der Waals surface area contributed by atoms with Gasteiger partial charge in [0.25, 0.3) is 0 Å². The second-order valence-corrected chi connectivity index (χ2v) is 17.2. The number of allylic oxidation sites excluding steroid dienone is 18. The molecule has 69 heavy (non-hydrogen) atoms. The second kappa shape index (κ2) is 41.3. The molecule has 0 bridgehead atoms. The van der Waals surface area contributed by atoms with Gasteiger partial charge in [-0.25, -0.2) is 0 Å². The van der Waals surface area contributed by atoms with E-state index in [9.17, 15) is 40.5 Å². The van der Waals surface area contributed by atoms with Crippen LogP contribution < -0.4 is 0 Å². The van der Waals surface area contributed by atoms with E-state index < -0.39 is 86.7 Å². The van der Waals surface area contributed by atoms with Crippen molar-refractivity contribution in [2.75, 3.05) is 33.0 Å². The van der Waals surface area contributed by atoms with Crippen LogP contribution in [0.2, 0.25) is 0 Å². The Kier molecular flexibility index (Phi) is 37.0. The quantitative estimate of drug-likeness (QED) is 0.0180. The van der Waals surface area contributed by atoms with Crippen LogP contribution in [-0.2, 0) is 33.2 Å². The average molecular weight is 973 g/mol. The fourth-order valence-electron chi connectivity index (χ4n) is 7.18. The van der Waals surface area contributed by atoms with E-state index in [0.717, 1.165) is 103 Å². The fourth-order valence-corrected chi connectivity index (χ4v) is 7.18. The van der Waals surface area contributed by atoms with Gasteiger partial charge in [0.15, 0.2) is 12.6 Å². The molecule has 2 aliphatic heterocycles. The summed E-state index contributed by atoms with van der Waals surface area (Å²) >= 11 is 0. The molecule has 14 heteroatoms. The van der Waals surface area contributed by atoms with Gasteiger partial charge in [-0.2, -0.15) is 0 Å². The van der Waals surface area contributed by atoms with E-state index in [1.807, 2.05) is 0 Å². The average Bonchev–Trinajstić information content (AvgIpc) is 3.35. The zero-order valence-electron chi connectivity index (χ0n) is 41.5. The molecule has 0 amide bonds. The summed E-state index contributed by atoms with van der Waals surface area (Å²) in [5.41, 5.74) is 0. The van der Waals surface area contributed by atoms with Crippen molar-refractivity contribution >= 4 is 5.97 Å². The van der Waals surface area contributed by atoms with E-state index in [1.165, 1.54) is 0 Å². The van der Waals surface area contributed by atoms with Gasteiger partial charge in [0.05, 0.1) is 26.4 Å². The van der Waals surface area contributed by atoms with Crippen LogP contribution in [0.1, 0.15) is 129 Å². The number of hydrogen-bond acceptors (Lipinski definition) is 14. The molecule has 2 heterocycles. The Morgan fingerprint density at radius 3 is 1.38 bits per heavy atom. The van der Waals surface area contributed by atoms with Crippen molar-refractivity contribution in [3.8, 4) is 0 Å². The highest BCUT2D eigenvalue weighted by molar-refractivity contribution is 5.69. The monoisotopic (exact) mass is 973 g/mol. The minimum absolute atomic E-state index is 0.0182. The molecule has 2 fully saturated rings. The molecule has 7 N–H and O–H groups in total. The largest absolute Gasteiger partial charge is 0.457 e. The van der Waals surface area contributed by atoms with Crippen LogP contribution in [0.5, 0.6) is 0 Å². The number of carbonyl (C=O) groups is 1. The minimum atomic E-state index is -1.73. The first-order chi connectivity index (χ1) is 33.6. The number of hydrogen-bond donors (Lipinski definition) is 7. The van der Waals surface area contributed by atoms with Gasteiger partial charge >= 0.3 is 5.97 Å². The van der Waals surface area contributed by atoms with E-state index in [4.69, 9.17) is 28.4 Å². The first-order valence-electron chi connectivity index (χ1n) is 25.5. The van der Waals surface area contributed by atoms with E-state index in [-0.39, 0.29) is 19.6 Å². The summed E-state index contributed by atoms with van der Waals surface area (Å²) in [6.07, 6.45) is 38.6. The minimum Gasteiger partial charge on any atom is -0.457 e. The maximum Gasteiger partial charge on any atom is 0.306 e. The number of aliphatic hydroxyl groups excluding tert-OH is 7. The zero-order valence-corrected chi connectivity index (χ0v) is 41.5. The summed E-state index contributed by atoms with van der Waals surface area (Å²) in [6.45, 7) is 3.29. The van der Waals surface area contributed by atoms with Gasteiger partial charge < -0.3 is 64.2 Å². The first-order valence-corrected chi connectivity index (χ1v) is 25.5. The topological polar surface area (TPSA) is 214 Å². The molecule has 392 valence electrons. The third-order valence-electron chi connectivity index (χ3n) is 11.3. The molecule has 0 aromatic carbocycles. The predicted molar refractivity (Wildman–Crippen MR) is 270 cm³/mol. The van der Waals surface area contributed by atoms with Gasteiger partial charge in [0.2, 0.25) is 0 Å². The van der Waals surface area contributed by atoms with Crippen molar-refractivity contribution in [2.45, 2.75) is 197 Å². The SMILES string of the molecule is CC/C=C\C/C=C\C/C=C\C/C=C\C/C=C\CCCCCC(=O)OC(COCCCCC/C=C\C/C=C\C/C=C\C/C=C\CC)COC1OC(COC2OC(CO)C(O)C(O)C2O)C(O)C(O)C1O. The van der Waals surface area contributed by atoms with Crippen LogP contribution in [0.15, 0.2) is 109 Å². The molecule has 0 saturated carbocycles. The van der Waals surface area contributed by atoms with Crippen LogP contribution in [0, 0.1) is 0 Å².